The molecule has 2 N–H and O–H groups in total. The third-order valence-corrected chi connectivity index (χ3v) is 3.94. The summed E-state index contributed by atoms with van der Waals surface area (Å²) < 4.78 is 0. The summed E-state index contributed by atoms with van der Waals surface area (Å²) in [5, 5.41) is 10.1. The summed E-state index contributed by atoms with van der Waals surface area (Å²) in [6, 6.07) is 6.54. The average molecular weight is 261 g/mol. The number of benzene rings is 1. The van der Waals surface area contributed by atoms with E-state index in [1.165, 1.54) is 11.1 Å². The van der Waals surface area contributed by atoms with E-state index < -0.39 is 0 Å². The number of aryl methyl sites for hydroxylation is 1. The van der Waals surface area contributed by atoms with Crippen molar-refractivity contribution in [1.82, 2.24) is 10.2 Å². The minimum atomic E-state index is 0.173. The lowest BCUT2D eigenvalue weighted by Gasteiger charge is -2.20. The van der Waals surface area contributed by atoms with Crippen molar-refractivity contribution in [1.29, 1.82) is 0 Å². The largest absolute Gasteiger partial charge is 0.324 e. The van der Waals surface area contributed by atoms with E-state index in [4.69, 9.17) is 5.73 Å². The van der Waals surface area contributed by atoms with E-state index in [0.717, 1.165) is 15.6 Å². The maximum absolute atomic E-state index is 5.57. The highest BCUT2D eigenvalue weighted by Crippen LogP contribution is 2.30. The first-order valence-electron chi connectivity index (χ1n) is 6.06. The zero-order valence-electron chi connectivity index (χ0n) is 11.3. The normalized spacial score (nSPS) is 11.8. The van der Waals surface area contributed by atoms with Gasteiger partial charge in [0, 0.05) is 12.1 Å². The molecule has 0 fully saturated rings. The van der Waals surface area contributed by atoms with E-state index in [2.05, 4.69) is 56.1 Å². The highest BCUT2D eigenvalue weighted by atomic mass is 32.1. The minimum absolute atomic E-state index is 0.173. The molecule has 1 aromatic heterocycles. The van der Waals surface area contributed by atoms with Crippen LogP contribution in [0.15, 0.2) is 18.2 Å². The number of rotatable bonds is 2. The zero-order valence-corrected chi connectivity index (χ0v) is 12.1. The molecule has 0 aliphatic rings. The van der Waals surface area contributed by atoms with Crippen molar-refractivity contribution in [3.8, 4) is 10.6 Å². The van der Waals surface area contributed by atoms with Gasteiger partial charge in [0.15, 0.2) is 0 Å². The van der Waals surface area contributed by atoms with Gasteiger partial charge in [0.2, 0.25) is 0 Å². The van der Waals surface area contributed by atoms with Crippen molar-refractivity contribution in [3.63, 3.8) is 0 Å². The third kappa shape index (κ3) is 2.60. The molecule has 2 rings (SSSR count). The third-order valence-electron chi connectivity index (χ3n) is 2.96. The summed E-state index contributed by atoms with van der Waals surface area (Å²) in [5.41, 5.74) is 9.47. The molecule has 0 saturated carbocycles. The zero-order chi connectivity index (χ0) is 13.3. The highest BCUT2D eigenvalue weighted by Gasteiger charge is 2.16. The number of nitrogens with two attached hydrogens (primary N) is 1. The van der Waals surface area contributed by atoms with Gasteiger partial charge in [-0.3, -0.25) is 0 Å². The van der Waals surface area contributed by atoms with Crippen LogP contribution in [0.2, 0.25) is 0 Å². The van der Waals surface area contributed by atoms with Crippen LogP contribution in [-0.4, -0.2) is 10.2 Å². The highest BCUT2D eigenvalue weighted by molar-refractivity contribution is 7.14. The van der Waals surface area contributed by atoms with Gasteiger partial charge in [0.25, 0.3) is 0 Å². The quantitative estimate of drug-likeness (QED) is 0.902. The van der Waals surface area contributed by atoms with E-state index in [-0.39, 0.29) is 5.41 Å². The van der Waals surface area contributed by atoms with Gasteiger partial charge in [-0.1, -0.05) is 50.3 Å². The Morgan fingerprint density at radius 3 is 2.44 bits per heavy atom. The van der Waals surface area contributed by atoms with Crippen LogP contribution in [0, 0.1) is 6.92 Å². The van der Waals surface area contributed by atoms with Crippen LogP contribution in [0.5, 0.6) is 0 Å². The predicted molar refractivity (Wildman–Crippen MR) is 76.7 cm³/mol. The van der Waals surface area contributed by atoms with Gasteiger partial charge in [0.1, 0.15) is 10.0 Å². The molecule has 4 heteroatoms. The lowest BCUT2D eigenvalue weighted by molar-refractivity contribution is 0.590. The summed E-state index contributed by atoms with van der Waals surface area (Å²) in [6.07, 6.45) is 0. The summed E-state index contributed by atoms with van der Waals surface area (Å²) in [6.45, 7) is 9.24. The molecule has 0 radical (unpaired) electrons. The second kappa shape index (κ2) is 4.78. The molecule has 1 aromatic carbocycles. The number of nitrogens with zero attached hydrogens (tertiary/aromatic N) is 2. The summed E-state index contributed by atoms with van der Waals surface area (Å²) >= 11 is 1.57. The fourth-order valence-electron chi connectivity index (χ4n) is 1.82. The van der Waals surface area contributed by atoms with Crippen LogP contribution >= 0.6 is 11.3 Å². The first kappa shape index (κ1) is 13.2. The molecule has 0 aliphatic carbocycles. The van der Waals surface area contributed by atoms with Crippen molar-refractivity contribution in [3.05, 3.63) is 34.3 Å². The lowest BCUT2D eigenvalue weighted by Crippen LogP contribution is -2.11. The van der Waals surface area contributed by atoms with Crippen LogP contribution < -0.4 is 5.73 Å². The number of hydrogen-bond donors (Lipinski definition) is 1. The summed E-state index contributed by atoms with van der Waals surface area (Å²) in [4.78, 5) is 0. The molecule has 0 amide bonds. The molecule has 0 atom stereocenters. The molecule has 0 aliphatic heterocycles. The van der Waals surface area contributed by atoms with E-state index in [1.807, 2.05) is 0 Å². The van der Waals surface area contributed by atoms with E-state index in [1.54, 1.807) is 11.3 Å². The molecule has 96 valence electrons. The molecular formula is C14H19N3S. The average Bonchev–Trinajstić information content (AvgIpc) is 2.76. The maximum Gasteiger partial charge on any atom is 0.148 e. The van der Waals surface area contributed by atoms with Crippen molar-refractivity contribution < 1.29 is 0 Å². The van der Waals surface area contributed by atoms with Crippen LogP contribution in [0.25, 0.3) is 10.6 Å². The molecular weight excluding hydrogens is 242 g/mol. The van der Waals surface area contributed by atoms with Crippen molar-refractivity contribution in [2.24, 2.45) is 5.73 Å². The Bertz CT molecular complexity index is 552. The first-order valence-corrected chi connectivity index (χ1v) is 6.87. The second-order valence-electron chi connectivity index (χ2n) is 5.48. The Morgan fingerprint density at radius 2 is 1.94 bits per heavy atom. The van der Waals surface area contributed by atoms with Gasteiger partial charge in [-0.15, -0.1) is 10.2 Å². The Balaban J connectivity index is 2.41. The topological polar surface area (TPSA) is 51.8 Å². The standard InChI is InChI=1S/C14H19N3S/c1-9-7-10(14(2,3)4)5-6-11(9)13-17-16-12(8-15)18-13/h5-7H,8,15H2,1-4H3. The Morgan fingerprint density at radius 1 is 1.22 bits per heavy atom. The molecule has 0 spiro atoms. The predicted octanol–water partition coefficient (Wildman–Crippen LogP) is 3.27. The second-order valence-corrected chi connectivity index (χ2v) is 6.55. The van der Waals surface area contributed by atoms with Crippen LogP contribution in [0.3, 0.4) is 0 Å². The van der Waals surface area contributed by atoms with Crippen molar-refractivity contribution in [2.75, 3.05) is 0 Å². The van der Waals surface area contributed by atoms with Crippen LogP contribution in [0.4, 0.5) is 0 Å². The van der Waals surface area contributed by atoms with E-state index in [9.17, 15) is 0 Å². The van der Waals surface area contributed by atoms with E-state index >= 15 is 0 Å². The Labute approximate surface area is 112 Å². The smallest absolute Gasteiger partial charge is 0.148 e. The fourth-order valence-corrected chi connectivity index (χ4v) is 2.62. The minimum Gasteiger partial charge on any atom is -0.324 e. The number of aromatic nitrogens is 2. The Hall–Kier alpha value is -1.26. The van der Waals surface area contributed by atoms with Gasteiger partial charge < -0.3 is 5.73 Å². The molecule has 0 saturated heterocycles. The molecule has 0 bridgehead atoms. The van der Waals surface area contributed by atoms with Gasteiger partial charge >= 0.3 is 0 Å². The molecule has 3 nitrogen and oxygen atoms in total. The van der Waals surface area contributed by atoms with E-state index in [0.29, 0.717) is 6.54 Å². The van der Waals surface area contributed by atoms with Crippen LogP contribution in [0.1, 0.15) is 36.9 Å². The molecule has 1 heterocycles. The van der Waals surface area contributed by atoms with Crippen molar-refractivity contribution >= 4 is 11.3 Å². The summed E-state index contributed by atoms with van der Waals surface area (Å²) in [5.74, 6) is 0. The molecule has 0 unspecified atom stereocenters. The van der Waals surface area contributed by atoms with Crippen LogP contribution in [-0.2, 0) is 12.0 Å². The first-order chi connectivity index (χ1) is 8.41. The maximum atomic E-state index is 5.57. The lowest BCUT2D eigenvalue weighted by atomic mass is 9.85. The molecule has 18 heavy (non-hydrogen) atoms. The van der Waals surface area contributed by atoms with Gasteiger partial charge in [-0.25, -0.2) is 0 Å². The SMILES string of the molecule is Cc1cc(C(C)(C)C)ccc1-c1nnc(CN)s1. The van der Waals surface area contributed by atoms with Crippen molar-refractivity contribution in [2.45, 2.75) is 39.7 Å². The molecule has 2 aromatic rings. The summed E-state index contributed by atoms with van der Waals surface area (Å²) in [7, 11) is 0. The monoisotopic (exact) mass is 261 g/mol. The Kier molecular flexibility index (Phi) is 3.50. The van der Waals surface area contributed by atoms with Gasteiger partial charge in [-0.2, -0.15) is 0 Å². The fraction of sp³-hybridized carbons (Fsp3) is 0.429. The number of hydrogen-bond acceptors (Lipinski definition) is 4. The van der Waals surface area contributed by atoms with Gasteiger partial charge in [-0.05, 0) is 23.5 Å². The van der Waals surface area contributed by atoms with Gasteiger partial charge in [0.05, 0.1) is 0 Å².